The molecule has 5 rings (SSSR count). The molecule has 4 N–H and O–H groups in total. The van der Waals surface area contributed by atoms with Gasteiger partial charge in [0.25, 0.3) is 5.91 Å². The van der Waals surface area contributed by atoms with Crippen LogP contribution in [0.1, 0.15) is 29.0 Å². The molecule has 144 valence electrons. The fourth-order valence-electron chi connectivity index (χ4n) is 3.80. The maximum atomic E-state index is 11.9. The number of rotatable bonds is 4. The maximum absolute atomic E-state index is 11.9. The standard InChI is InChI=1S/C20H16ClN7O/c1-10(28-19(20(22)29)16(21)9-25-28)13-5-11(6-18-15(13)8-24-27-18)12-3-2-4-17-14(12)7-23-26-17/h2-10H,1H3,(H2,22,29)(H,23,26)(H,24,27). The topological polar surface area (TPSA) is 118 Å². The van der Waals surface area contributed by atoms with Gasteiger partial charge in [-0.15, -0.1) is 0 Å². The number of aromatic nitrogens is 6. The zero-order valence-corrected chi connectivity index (χ0v) is 16.1. The molecule has 3 heterocycles. The van der Waals surface area contributed by atoms with Crippen LogP contribution >= 0.6 is 11.6 Å². The third-order valence-corrected chi connectivity index (χ3v) is 5.46. The summed E-state index contributed by atoms with van der Waals surface area (Å²) in [5.74, 6) is -0.623. The SMILES string of the molecule is CC(c1cc(-c2cccc3[nH]ncc23)cc2[nH]ncc12)n1ncc(Cl)c1C(N)=O. The second-order valence-electron chi connectivity index (χ2n) is 6.86. The average molecular weight is 406 g/mol. The van der Waals surface area contributed by atoms with E-state index in [9.17, 15) is 4.79 Å². The molecule has 0 aliphatic heterocycles. The molecule has 1 unspecified atom stereocenters. The number of halogens is 1. The highest BCUT2D eigenvalue weighted by atomic mass is 35.5. The fraction of sp³-hybridized carbons (Fsp3) is 0.100. The molecule has 0 saturated heterocycles. The van der Waals surface area contributed by atoms with Crippen LogP contribution in [0.25, 0.3) is 32.9 Å². The Kier molecular flexibility index (Phi) is 3.88. The summed E-state index contributed by atoms with van der Waals surface area (Å²) in [4.78, 5) is 11.9. The van der Waals surface area contributed by atoms with Gasteiger partial charge in [-0.3, -0.25) is 19.7 Å². The van der Waals surface area contributed by atoms with E-state index in [1.165, 1.54) is 6.20 Å². The van der Waals surface area contributed by atoms with Gasteiger partial charge in [0, 0.05) is 10.8 Å². The normalized spacial score (nSPS) is 12.6. The van der Waals surface area contributed by atoms with Gasteiger partial charge in [-0.2, -0.15) is 15.3 Å². The number of hydrogen-bond acceptors (Lipinski definition) is 4. The zero-order valence-electron chi connectivity index (χ0n) is 15.3. The van der Waals surface area contributed by atoms with E-state index in [4.69, 9.17) is 17.3 Å². The molecule has 2 aromatic carbocycles. The molecular formula is C20H16ClN7O. The fourth-order valence-corrected chi connectivity index (χ4v) is 4.02. The van der Waals surface area contributed by atoms with Gasteiger partial charge >= 0.3 is 0 Å². The van der Waals surface area contributed by atoms with Gasteiger partial charge in [-0.05, 0) is 41.8 Å². The van der Waals surface area contributed by atoms with Crippen molar-refractivity contribution in [1.29, 1.82) is 0 Å². The zero-order chi connectivity index (χ0) is 20.1. The molecule has 0 radical (unpaired) electrons. The number of amides is 1. The van der Waals surface area contributed by atoms with Crippen molar-refractivity contribution in [2.75, 3.05) is 0 Å². The Hall–Kier alpha value is -3.65. The largest absolute Gasteiger partial charge is 0.364 e. The lowest BCUT2D eigenvalue weighted by molar-refractivity contribution is 0.0989. The first-order valence-electron chi connectivity index (χ1n) is 8.97. The predicted octanol–water partition coefficient (Wildman–Crippen LogP) is 3.66. The lowest BCUT2D eigenvalue weighted by Gasteiger charge is -2.17. The summed E-state index contributed by atoms with van der Waals surface area (Å²) in [6.07, 6.45) is 5.00. The third kappa shape index (κ3) is 2.68. The number of aromatic amines is 2. The van der Waals surface area contributed by atoms with Crippen molar-refractivity contribution in [3.63, 3.8) is 0 Å². The summed E-state index contributed by atoms with van der Waals surface area (Å²) in [5, 5.41) is 20.9. The molecule has 9 heteroatoms. The van der Waals surface area contributed by atoms with Crippen LogP contribution in [0.2, 0.25) is 5.02 Å². The van der Waals surface area contributed by atoms with Crippen LogP contribution in [0.15, 0.2) is 48.9 Å². The van der Waals surface area contributed by atoms with Crippen LogP contribution in [-0.2, 0) is 0 Å². The summed E-state index contributed by atoms with van der Waals surface area (Å²) >= 11 is 6.14. The van der Waals surface area contributed by atoms with Gasteiger partial charge in [0.1, 0.15) is 5.69 Å². The highest BCUT2D eigenvalue weighted by Crippen LogP contribution is 2.35. The van der Waals surface area contributed by atoms with E-state index in [1.54, 1.807) is 10.9 Å². The number of carbonyl (C=O) groups is 1. The van der Waals surface area contributed by atoms with E-state index in [0.717, 1.165) is 38.5 Å². The van der Waals surface area contributed by atoms with E-state index >= 15 is 0 Å². The minimum atomic E-state index is -0.623. The van der Waals surface area contributed by atoms with Crippen LogP contribution in [0.4, 0.5) is 0 Å². The van der Waals surface area contributed by atoms with Gasteiger partial charge in [0.15, 0.2) is 0 Å². The monoisotopic (exact) mass is 405 g/mol. The van der Waals surface area contributed by atoms with Crippen molar-refractivity contribution in [2.24, 2.45) is 5.73 Å². The predicted molar refractivity (Wildman–Crippen MR) is 111 cm³/mol. The molecule has 0 saturated carbocycles. The Bertz CT molecular complexity index is 1380. The molecule has 1 atom stereocenters. The Morgan fingerprint density at radius 1 is 1.10 bits per heavy atom. The van der Waals surface area contributed by atoms with E-state index < -0.39 is 5.91 Å². The Morgan fingerprint density at radius 2 is 1.86 bits per heavy atom. The molecule has 5 aromatic rings. The molecular weight excluding hydrogens is 390 g/mol. The van der Waals surface area contributed by atoms with Gasteiger partial charge < -0.3 is 5.73 Å². The third-order valence-electron chi connectivity index (χ3n) is 5.19. The number of nitrogens with zero attached hydrogens (tertiary/aromatic N) is 4. The lowest BCUT2D eigenvalue weighted by atomic mass is 9.95. The van der Waals surface area contributed by atoms with E-state index in [0.29, 0.717) is 0 Å². The minimum absolute atomic E-state index is 0.179. The number of nitrogens with two attached hydrogens (primary N) is 1. The first-order chi connectivity index (χ1) is 14.0. The van der Waals surface area contributed by atoms with Crippen LogP contribution in [0.3, 0.4) is 0 Å². The second kappa shape index (κ2) is 6.46. The smallest absolute Gasteiger partial charge is 0.268 e. The average Bonchev–Trinajstić information content (AvgIpc) is 3.44. The Balaban J connectivity index is 1.74. The summed E-state index contributed by atoms with van der Waals surface area (Å²) in [7, 11) is 0. The quantitative estimate of drug-likeness (QED) is 0.422. The van der Waals surface area contributed by atoms with Crippen molar-refractivity contribution < 1.29 is 4.79 Å². The van der Waals surface area contributed by atoms with E-state index in [1.807, 2.05) is 37.4 Å². The van der Waals surface area contributed by atoms with Crippen molar-refractivity contribution in [1.82, 2.24) is 30.2 Å². The molecule has 0 bridgehead atoms. The van der Waals surface area contributed by atoms with Crippen molar-refractivity contribution in [3.05, 3.63) is 65.2 Å². The van der Waals surface area contributed by atoms with Crippen LogP contribution < -0.4 is 5.73 Å². The van der Waals surface area contributed by atoms with Crippen molar-refractivity contribution in [3.8, 4) is 11.1 Å². The molecule has 1 amide bonds. The number of fused-ring (bicyclic) bond motifs is 2. The Labute approximate surface area is 169 Å². The molecule has 8 nitrogen and oxygen atoms in total. The molecule has 29 heavy (non-hydrogen) atoms. The molecule has 0 spiro atoms. The van der Waals surface area contributed by atoms with Gasteiger partial charge in [-0.1, -0.05) is 23.7 Å². The highest BCUT2D eigenvalue weighted by Gasteiger charge is 2.22. The van der Waals surface area contributed by atoms with Crippen molar-refractivity contribution >= 4 is 39.3 Å². The molecule has 0 aliphatic carbocycles. The maximum Gasteiger partial charge on any atom is 0.268 e. The van der Waals surface area contributed by atoms with Crippen molar-refractivity contribution in [2.45, 2.75) is 13.0 Å². The first kappa shape index (κ1) is 17.4. The highest BCUT2D eigenvalue weighted by molar-refractivity contribution is 6.33. The summed E-state index contributed by atoms with van der Waals surface area (Å²) in [6.45, 7) is 1.94. The number of H-pyrrole nitrogens is 2. The van der Waals surface area contributed by atoms with Gasteiger partial charge in [0.05, 0.1) is 40.7 Å². The summed E-state index contributed by atoms with van der Waals surface area (Å²) in [5.41, 5.74) is 10.5. The number of hydrogen-bond donors (Lipinski definition) is 3. The lowest BCUT2D eigenvalue weighted by Crippen LogP contribution is -2.21. The first-order valence-corrected chi connectivity index (χ1v) is 9.34. The van der Waals surface area contributed by atoms with Crippen LogP contribution in [0, 0.1) is 0 Å². The van der Waals surface area contributed by atoms with Crippen LogP contribution in [0.5, 0.6) is 0 Å². The second-order valence-corrected chi connectivity index (χ2v) is 7.27. The molecule has 0 fully saturated rings. The summed E-state index contributed by atoms with van der Waals surface area (Å²) in [6, 6.07) is 9.83. The van der Waals surface area contributed by atoms with Crippen LogP contribution in [-0.4, -0.2) is 36.1 Å². The molecule has 3 aromatic heterocycles. The number of benzene rings is 2. The van der Waals surface area contributed by atoms with Gasteiger partial charge in [-0.25, -0.2) is 0 Å². The van der Waals surface area contributed by atoms with E-state index in [2.05, 4.69) is 31.6 Å². The summed E-state index contributed by atoms with van der Waals surface area (Å²) < 4.78 is 1.55. The number of nitrogens with one attached hydrogen (secondary N) is 2. The number of primary amides is 1. The minimum Gasteiger partial charge on any atom is -0.364 e. The number of carbonyl (C=O) groups excluding carboxylic acids is 1. The Morgan fingerprint density at radius 3 is 2.66 bits per heavy atom. The van der Waals surface area contributed by atoms with E-state index in [-0.39, 0.29) is 16.8 Å². The van der Waals surface area contributed by atoms with Gasteiger partial charge in [0.2, 0.25) is 0 Å². The molecule has 0 aliphatic rings.